The molecule has 1 heterocycles. The zero-order valence-electron chi connectivity index (χ0n) is 12.9. The fourth-order valence-corrected chi connectivity index (χ4v) is 2.35. The summed E-state index contributed by atoms with van der Waals surface area (Å²) in [7, 11) is 0. The van der Waals surface area contributed by atoms with Crippen molar-refractivity contribution in [1.82, 2.24) is 0 Å². The average molecular weight is 340 g/mol. The van der Waals surface area contributed by atoms with E-state index in [1.165, 1.54) is 6.08 Å². The highest BCUT2D eigenvalue weighted by Gasteiger charge is 2.45. The van der Waals surface area contributed by atoms with Crippen LogP contribution in [0.3, 0.4) is 0 Å². The summed E-state index contributed by atoms with van der Waals surface area (Å²) in [5, 5.41) is 47.7. The van der Waals surface area contributed by atoms with Gasteiger partial charge in [0.2, 0.25) is 12.0 Å². The standard InChI is InChI=1S/C16H20O8/c1-8-3-2-4-9(5-8)6-10(15(21)22)23-16-14(20)13(19)12(18)11(7-17)24-16/h2-6,11-14,16-20H,7H2,1H3,(H,21,22)/b10-6+/t11-,12-,13-,14+,16-/m0/s1. The third-order valence-corrected chi connectivity index (χ3v) is 3.64. The first kappa shape index (κ1) is 18.4. The van der Waals surface area contributed by atoms with Gasteiger partial charge in [-0.05, 0) is 18.6 Å². The minimum Gasteiger partial charge on any atom is -0.475 e. The van der Waals surface area contributed by atoms with E-state index >= 15 is 0 Å². The van der Waals surface area contributed by atoms with Crippen molar-refractivity contribution in [2.75, 3.05) is 6.61 Å². The van der Waals surface area contributed by atoms with E-state index in [0.717, 1.165) is 5.56 Å². The fraction of sp³-hybridized carbons (Fsp3) is 0.438. The predicted molar refractivity (Wildman–Crippen MR) is 81.6 cm³/mol. The molecule has 0 radical (unpaired) electrons. The molecule has 2 rings (SSSR count). The van der Waals surface area contributed by atoms with Crippen LogP contribution in [0.4, 0.5) is 0 Å². The van der Waals surface area contributed by atoms with Gasteiger partial charge in [-0.25, -0.2) is 4.79 Å². The first-order valence-electron chi connectivity index (χ1n) is 7.32. The van der Waals surface area contributed by atoms with E-state index in [0.29, 0.717) is 5.56 Å². The first-order valence-corrected chi connectivity index (χ1v) is 7.32. The second kappa shape index (κ2) is 7.73. The molecule has 0 spiro atoms. The SMILES string of the molecule is Cc1cccc(/C=C(/O[C@H]2O[C@@H](CO)[C@H](O)[C@H](O)[C@H]2O)C(=O)O)c1. The van der Waals surface area contributed by atoms with Gasteiger partial charge in [0.25, 0.3) is 0 Å². The molecule has 1 aliphatic heterocycles. The van der Waals surface area contributed by atoms with Gasteiger partial charge in [-0.2, -0.15) is 0 Å². The van der Waals surface area contributed by atoms with Gasteiger partial charge in [0.15, 0.2) is 0 Å². The Morgan fingerprint density at radius 3 is 2.54 bits per heavy atom. The molecular weight excluding hydrogens is 320 g/mol. The zero-order chi connectivity index (χ0) is 17.9. The van der Waals surface area contributed by atoms with Crippen molar-refractivity contribution in [2.24, 2.45) is 0 Å². The number of benzene rings is 1. The number of carbonyl (C=O) groups is 1. The van der Waals surface area contributed by atoms with Crippen LogP contribution >= 0.6 is 0 Å². The summed E-state index contributed by atoms with van der Waals surface area (Å²) >= 11 is 0. The first-order chi connectivity index (χ1) is 11.3. The third kappa shape index (κ3) is 4.11. The Morgan fingerprint density at radius 1 is 1.25 bits per heavy atom. The van der Waals surface area contributed by atoms with Gasteiger partial charge in [-0.15, -0.1) is 0 Å². The van der Waals surface area contributed by atoms with E-state index in [1.54, 1.807) is 18.2 Å². The summed E-state index contributed by atoms with van der Waals surface area (Å²) in [4.78, 5) is 11.4. The van der Waals surface area contributed by atoms with Gasteiger partial charge < -0.3 is 35.0 Å². The van der Waals surface area contributed by atoms with Crippen LogP contribution in [0.5, 0.6) is 0 Å². The maximum atomic E-state index is 11.4. The highest BCUT2D eigenvalue weighted by Crippen LogP contribution is 2.24. The largest absolute Gasteiger partial charge is 0.475 e. The van der Waals surface area contributed by atoms with E-state index in [9.17, 15) is 25.2 Å². The number of rotatable bonds is 5. The topological polar surface area (TPSA) is 137 Å². The van der Waals surface area contributed by atoms with Crippen LogP contribution in [0.2, 0.25) is 0 Å². The van der Waals surface area contributed by atoms with Gasteiger partial charge in [0.1, 0.15) is 24.4 Å². The van der Waals surface area contributed by atoms with E-state index in [1.807, 2.05) is 13.0 Å². The number of hydrogen-bond donors (Lipinski definition) is 5. The summed E-state index contributed by atoms with van der Waals surface area (Å²) in [6.45, 7) is 1.21. The van der Waals surface area contributed by atoms with Crippen molar-refractivity contribution < 1.29 is 39.8 Å². The number of ether oxygens (including phenoxy) is 2. The van der Waals surface area contributed by atoms with Crippen molar-refractivity contribution in [1.29, 1.82) is 0 Å². The molecule has 0 aromatic heterocycles. The zero-order valence-corrected chi connectivity index (χ0v) is 12.9. The van der Waals surface area contributed by atoms with Crippen LogP contribution in [-0.4, -0.2) is 68.8 Å². The summed E-state index contributed by atoms with van der Waals surface area (Å²) < 4.78 is 10.3. The Kier molecular flexibility index (Phi) is 5.92. The van der Waals surface area contributed by atoms with Crippen LogP contribution in [0.1, 0.15) is 11.1 Å². The molecule has 24 heavy (non-hydrogen) atoms. The Balaban J connectivity index is 2.22. The van der Waals surface area contributed by atoms with Crippen molar-refractivity contribution >= 4 is 12.0 Å². The number of hydrogen-bond acceptors (Lipinski definition) is 7. The number of carboxylic acids is 1. The van der Waals surface area contributed by atoms with Gasteiger partial charge in [-0.3, -0.25) is 0 Å². The van der Waals surface area contributed by atoms with E-state index in [-0.39, 0.29) is 0 Å². The third-order valence-electron chi connectivity index (χ3n) is 3.64. The number of carboxylic acid groups (broad SMARTS) is 1. The molecule has 1 aromatic rings. The Labute approximate surface area is 138 Å². The molecule has 1 fully saturated rings. The van der Waals surface area contributed by atoms with Crippen LogP contribution in [-0.2, 0) is 14.3 Å². The highest BCUT2D eigenvalue weighted by atomic mass is 16.7. The lowest BCUT2D eigenvalue weighted by atomic mass is 9.99. The van der Waals surface area contributed by atoms with Gasteiger partial charge in [0.05, 0.1) is 6.61 Å². The molecular formula is C16H20O8. The highest BCUT2D eigenvalue weighted by molar-refractivity contribution is 5.89. The number of aryl methyl sites for hydroxylation is 1. The molecule has 0 saturated carbocycles. The molecule has 0 aliphatic carbocycles. The van der Waals surface area contributed by atoms with Gasteiger partial charge >= 0.3 is 5.97 Å². The molecule has 132 valence electrons. The lowest BCUT2D eigenvalue weighted by Crippen LogP contribution is -2.59. The van der Waals surface area contributed by atoms with Crippen LogP contribution < -0.4 is 0 Å². The lowest BCUT2D eigenvalue weighted by Gasteiger charge is -2.39. The monoisotopic (exact) mass is 340 g/mol. The molecule has 0 amide bonds. The van der Waals surface area contributed by atoms with Crippen molar-refractivity contribution in [3.63, 3.8) is 0 Å². The van der Waals surface area contributed by atoms with Crippen molar-refractivity contribution in [2.45, 2.75) is 37.6 Å². The molecule has 0 unspecified atom stereocenters. The summed E-state index contributed by atoms with van der Waals surface area (Å²) in [5.74, 6) is -1.90. The molecule has 8 nitrogen and oxygen atoms in total. The number of aliphatic hydroxyl groups excluding tert-OH is 4. The van der Waals surface area contributed by atoms with Crippen LogP contribution in [0.25, 0.3) is 6.08 Å². The summed E-state index contributed by atoms with van der Waals surface area (Å²) in [6, 6.07) is 7.00. The summed E-state index contributed by atoms with van der Waals surface area (Å²) in [6.07, 6.45) is -6.34. The summed E-state index contributed by atoms with van der Waals surface area (Å²) in [5.41, 5.74) is 1.48. The Bertz CT molecular complexity index is 612. The molecule has 8 heteroatoms. The van der Waals surface area contributed by atoms with Crippen LogP contribution in [0, 0.1) is 6.92 Å². The molecule has 1 aromatic carbocycles. The minimum absolute atomic E-state index is 0.509. The fourth-order valence-electron chi connectivity index (χ4n) is 2.35. The lowest BCUT2D eigenvalue weighted by molar-refractivity contribution is -0.291. The molecule has 0 bridgehead atoms. The Hall–Kier alpha value is -1.97. The molecule has 5 N–H and O–H groups in total. The van der Waals surface area contributed by atoms with Crippen LogP contribution in [0.15, 0.2) is 30.0 Å². The van der Waals surface area contributed by atoms with Crippen molar-refractivity contribution in [3.8, 4) is 0 Å². The van der Waals surface area contributed by atoms with E-state index in [4.69, 9.17) is 14.6 Å². The van der Waals surface area contributed by atoms with E-state index in [2.05, 4.69) is 0 Å². The maximum absolute atomic E-state index is 11.4. The second-order valence-electron chi connectivity index (χ2n) is 5.54. The molecule has 1 aliphatic rings. The van der Waals surface area contributed by atoms with E-state index < -0.39 is 49.0 Å². The normalized spacial score (nSPS) is 30.9. The average Bonchev–Trinajstić information content (AvgIpc) is 2.54. The maximum Gasteiger partial charge on any atom is 0.371 e. The minimum atomic E-state index is -1.68. The van der Waals surface area contributed by atoms with Crippen molar-refractivity contribution in [3.05, 3.63) is 41.2 Å². The predicted octanol–water partition coefficient (Wildman–Crippen LogP) is -0.763. The Morgan fingerprint density at radius 2 is 1.96 bits per heavy atom. The molecule has 1 saturated heterocycles. The number of aliphatic hydroxyl groups is 4. The number of aliphatic carboxylic acids is 1. The van der Waals surface area contributed by atoms with Gasteiger partial charge in [0, 0.05) is 0 Å². The molecule has 5 atom stereocenters. The van der Waals surface area contributed by atoms with Gasteiger partial charge in [-0.1, -0.05) is 29.8 Å². The smallest absolute Gasteiger partial charge is 0.371 e. The quantitative estimate of drug-likeness (QED) is 0.348. The second-order valence-corrected chi connectivity index (χ2v) is 5.54.